The highest BCUT2D eigenvalue weighted by atomic mass is 32.2. The van der Waals surface area contributed by atoms with E-state index in [0.29, 0.717) is 18.4 Å². The summed E-state index contributed by atoms with van der Waals surface area (Å²) in [6.07, 6.45) is 6.01. The fourth-order valence-corrected chi connectivity index (χ4v) is 5.20. The molecule has 2 aliphatic heterocycles. The molecular weight excluding hydrogens is 360 g/mol. The number of likely N-dealkylation sites (tertiary alicyclic amines) is 1. The first-order valence-electron chi connectivity index (χ1n) is 8.44. The monoisotopic (exact) mass is 380 g/mol. The van der Waals surface area contributed by atoms with Crippen LogP contribution in [0.25, 0.3) is 0 Å². The normalized spacial score (nSPS) is 21.4. The quantitative estimate of drug-likeness (QED) is 0.878. The lowest BCUT2D eigenvalue weighted by molar-refractivity contribution is 0.119. The van der Waals surface area contributed by atoms with E-state index in [0.717, 1.165) is 36.6 Å². The van der Waals surface area contributed by atoms with Gasteiger partial charge in [-0.1, -0.05) is 12.5 Å². The van der Waals surface area contributed by atoms with E-state index in [4.69, 9.17) is 4.74 Å². The molecule has 1 atom stereocenters. The minimum atomic E-state index is -3.69. The second-order valence-corrected chi connectivity index (χ2v) is 8.76. The van der Waals surface area contributed by atoms with Crippen LogP contribution in [0.15, 0.2) is 29.4 Å². The van der Waals surface area contributed by atoms with Gasteiger partial charge in [0.15, 0.2) is 0 Å². The molecule has 9 heteroatoms. The molecule has 1 saturated heterocycles. The predicted molar refractivity (Wildman–Crippen MR) is 95.4 cm³/mol. The molecule has 1 N–H and O–H groups in total. The molecule has 0 aliphatic carbocycles. The number of rotatable bonds is 4. The van der Waals surface area contributed by atoms with Crippen molar-refractivity contribution in [2.45, 2.75) is 36.6 Å². The summed E-state index contributed by atoms with van der Waals surface area (Å²) in [5.41, 5.74) is 1.09. The fraction of sp³-hybridized carbons (Fsp3) is 0.500. The highest BCUT2D eigenvalue weighted by molar-refractivity contribution is 7.93. The molecule has 7 nitrogen and oxygen atoms in total. The fourth-order valence-electron chi connectivity index (χ4n) is 3.52. The van der Waals surface area contributed by atoms with Crippen LogP contribution in [0.1, 0.15) is 37.3 Å². The Bertz CT molecular complexity index is 833. The number of benzene rings is 1. The van der Waals surface area contributed by atoms with Gasteiger partial charge in [0.1, 0.15) is 12.1 Å². The van der Waals surface area contributed by atoms with Crippen LogP contribution in [0.2, 0.25) is 0 Å². The van der Waals surface area contributed by atoms with E-state index >= 15 is 0 Å². The van der Waals surface area contributed by atoms with Crippen LogP contribution in [-0.2, 0) is 10.0 Å². The third-order valence-electron chi connectivity index (χ3n) is 4.72. The molecule has 0 spiro atoms. The molecule has 0 bridgehead atoms. The average Bonchev–Trinajstić information content (AvgIpc) is 3.14. The van der Waals surface area contributed by atoms with Gasteiger partial charge in [-0.2, -0.15) is 4.37 Å². The van der Waals surface area contributed by atoms with Crippen LogP contribution >= 0.6 is 11.5 Å². The van der Waals surface area contributed by atoms with Crippen LogP contribution < -0.4 is 9.46 Å². The largest absolute Gasteiger partial charge is 0.493 e. The summed E-state index contributed by atoms with van der Waals surface area (Å²) < 4.78 is 37.1. The Labute approximate surface area is 151 Å². The Morgan fingerprint density at radius 3 is 2.84 bits per heavy atom. The SMILES string of the molecule is O=S(=O)(Nc1ncns1)c1ccc2c(c1)OCC[C@H]2N1CCCCC1. The molecule has 134 valence electrons. The number of piperidine rings is 1. The molecule has 2 aliphatic rings. The highest BCUT2D eigenvalue weighted by Gasteiger charge is 2.29. The molecule has 0 amide bonds. The van der Waals surface area contributed by atoms with Crippen molar-refractivity contribution >= 4 is 26.7 Å². The number of nitrogens with zero attached hydrogens (tertiary/aromatic N) is 3. The number of anilines is 1. The summed E-state index contributed by atoms with van der Waals surface area (Å²) in [7, 11) is -3.69. The van der Waals surface area contributed by atoms with E-state index in [1.54, 1.807) is 12.1 Å². The van der Waals surface area contributed by atoms with Gasteiger partial charge < -0.3 is 4.74 Å². The molecule has 4 rings (SSSR count). The first-order chi connectivity index (χ1) is 12.1. The maximum atomic E-state index is 12.5. The van der Waals surface area contributed by atoms with E-state index in [9.17, 15) is 8.42 Å². The number of ether oxygens (including phenoxy) is 1. The Morgan fingerprint density at radius 2 is 2.08 bits per heavy atom. The van der Waals surface area contributed by atoms with Gasteiger partial charge in [0.25, 0.3) is 10.0 Å². The summed E-state index contributed by atoms with van der Waals surface area (Å²) in [5.74, 6) is 0.668. The molecule has 0 saturated carbocycles. The average molecular weight is 380 g/mol. The van der Waals surface area contributed by atoms with Gasteiger partial charge in [0.2, 0.25) is 5.13 Å². The van der Waals surface area contributed by atoms with Crippen molar-refractivity contribution in [2.24, 2.45) is 0 Å². The lowest BCUT2D eigenvalue weighted by atomic mass is 9.97. The van der Waals surface area contributed by atoms with E-state index in [-0.39, 0.29) is 10.0 Å². The lowest BCUT2D eigenvalue weighted by Gasteiger charge is -2.38. The summed E-state index contributed by atoms with van der Waals surface area (Å²) >= 11 is 1.00. The van der Waals surface area contributed by atoms with Gasteiger partial charge in [-0.15, -0.1) is 0 Å². The van der Waals surface area contributed by atoms with E-state index < -0.39 is 10.0 Å². The second-order valence-electron chi connectivity index (χ2n) is 6.30. The van der Waals surface area contributed by atoms with Crippen molar-refractivity contribution in [1.29, 1.82) is 0 Å². The zero-order valence-corrected chi connectivity index (χ0v) is 15.4. The van der Waals surface area contributed by atoms with Crippen LogP contribution in [0.3, 0.4) is 0 Å². The maximum absolute atomic E-state index is 12.5. The predicted octanol–water partition coefficient (Wildman–Crippen LogP) is 2.65. The van der Waals surface area contributed by atoms with Crippen LogP contribution in [0.5, 0.6) is 5.75 Å². The highest BCUT2D eigenvalue weighted by Crippen LogP contribution is 2.38. The van der Waals surface area contributed by atoms with Gasteiger partial charge in [-0.05, 0) is 32.0 Å². The Kier molecular flexibility index (Phi) is 4.61. The van der Waals surface area contributed by atoms with Crippen LogP contribution in [-0.4, -0.2) is 42.4 Å². The van der Waals surface area contributed by atoms with E-state index in [2.05, 4.69) is 19.0 Å². The minimum absolute atomic E-state index is 0.181. The molecular formula is C16H20N4O3S2. The number of hydrogen-bond donors (Lipinski definition) is 1. The molecule has 1 fully saturated rings. The van der Waals surface area contributed by atoms with Crippen LogP contribution in [0, 0.1) is 0 Å². The van der Waals surface area contributed by atoms with E-state index in [1.807, 2.05) is 6.07 Å². The third-order valence-corrected chi connectivity index (χ3v) is 6.76. The topological polar surface area (TPSA) is 84.4 Å². The zero-order chi connectivity index (χ0) is 17.3. The van der Waals surface area contributed by atoms with Gasteiger partial charge in [0, 0.05) is 35.6 Å². The number of nitrogens with one attached hydrogen (secondary N) is 1. The van der Waals surface area contributed by atoms with Crippen molar-refractivity contribution in [3.05, 3.63) is 30.1 Å². The zero-order valence-electron chi connectivity index (χ0n) is 13.7. The molecule has 2 aromatic rings. The van der Waals surface area contributed by atoms with Crippen molar-refractivity contribution in [3.8, 4) is 5.75 Å². The van der Waals surface area contributed by atoms with Crippen molar-refractivity contribution < 1.29 is 13.2 Å². The Hall–Kier alpha value is -1.71. The molecule has 0 unspecified atom stereocenters. The summed E-state index contributed by atoms with van der Waals surface area (Å²) in [4.78, 5) is 6.55. The Balaban J connectivity index is 1.61. The molecule has 3 heterocycles. The number of aromatic nitrogens is 2. The lowest BCUT2D eigenvalue weighted by Crippen LogP contribution is -2.36. The maximum Gasteiger partial charge on any atom is 0.263 e. The van der Waals surface area contributed by atoms with E-state index in [1.165, 1.54) is 25.6 Å². The number of sulfonamides is 1. The van der Waals surface area contributed by atoms with Gasteiger partial charge in [0.05, 0.1) is 11.5 Å². The third kappa shape index (κ3) is 3.49. The number of hydrogen-bond acceptors (Lipinski definition) is 7. The Morgan fingerprint density at radius 1 is 1.24 bits per heavy atom. The minimum Gasteiger partial charge on any atom is -0.493 e. The summed E-state index contributed by atoms with van der Waals surface area (Å²) in [6, 6.07) is 5.47. The first kappa shape index (κ1) is 16.7. The molecule has 0 radical (unpaired) electrons. The summed E-state index contributed by atoms with van der Waals surface area (Å²) in [5, 5.41) is 0.254. The molecule has 1 aromatic carbocycles. The van der Waals surface area contributed by atoms with Crippen molar-refractivity contribution in [1.82, 2.24) is 14.3 Å². The van der Waals surface area contributed by atoms with Gasteiger partial charge in [-0.3, -0.25) is 9.62 Å². The van der Waals surface area contributed by atoms with Crippen molar-refractivity contribution in [3.63, 3.8) is 0 Å². The molecule has 1 aromatic heterocycles. The smallest absolute Gasteiger partial charge is 0.263 e. The number of fused-ring (bicyclic) bond motifs is 1. The standard InChI is InChI=1S/C16H20N4O3S2/c21-25(22,19-16-17-11-18-24-16)12-4-5-13-14(6-9-23-15(13)10-12)20-7-2-1-3-8-20/h4-5,10-11,14H,1-3,6-9H2,(H,17,18,19)/t14-/m1/s1. The van der Waals surface area contributed by atoms with Crippen LogP contribution in [0.4, 0.5) is 5.13 Å². The van der Waals surface area contributed by atoms with Crippen molar-refractivity contribution in [2.75, 3.05) is 24.4 Å². The van der Waals surface area contributed by atoms with Gasteiger partial charge >= 0.3 is 0 Å². The second kappa shape index (κ2) is 6.89. The summed E-state index contributed by atoms with van der Waals surface area (Å²) in [6.45, 7) is 2.81. The first-order valence-corrected chi connectivity index (χ1v) is 10.7. The van der Waals surface area contributed by atoms with Gasteiger partial charge in [-0.25, -0.2) is 13.4 Å². The molecule has 25 heavy (non-hydrogen) atoms.